The second-order valence-corrected chi connectivity index (χ2v) is 6.33. The minimum atomic E-state index is -0.911. The lowest BCUT2D eigenvalue weighted by Crippen LogP contribution is -2.59. The molecule has 1 aromatic carbocycles. The van der Waals surface area contributed by atoms with Crippen molar-refractivity contribution in [2.45, 2.75) is 37.4 Å². The number of carbonyl (C=O) groups is 2. The molecule has 0 aliphatic carbocycles. The molecular formula is C17H24ClN3O3. The van der Waals surface area contributed by atoms with Crippen LogP contribution in [0.2, 0.25) is 0 Å². The largest absolute Gasteiger partial charge is 0.381 e. The molecule has 3 rings (SSSR count). The van der Waals surface area contributed by atoms with Gasteiger partial charge in [-0.15, -0.1) is 12.4 Å². The number of likely N-dealkylation sites (tertiary alicyclic amines) is 1. The van der Waals surface area contributed by atoms with Crippen molar-refractivity contribution in [1.29, 1.82) is 0 Å². The van der Waals surface area contributed by atoms with Gasteiger partial charge in [0.05, 0.1) is 5.54 Å². The summed E-state index contributed by atoms with van der Waals surface area (Å²) >= 11 is 0. The van der Waals surface area contributed by atoms with Crippen molar-refractivity contribution >= 4 is 24.2 Å². The monoisotopic (exact) mass is 353 g/mol. The van der Waals surface area contributed by atoms with Crippen LogP contribution in [-0.4, -0.2) is 48.1 Å². The second-order valence-electron chi connectivity index (χ2n) is 6.33. The number of carbonyl (C=O) groups excluding carboxylic acids is 2. The number of amides is 2. The number of nitrogens with zero attached hydrogens (tertiary/aromatic N) is 1. The highest BCUT2D eigenvalue weighted by Crippen LogP contribution is 2.20. The number of ether oxygens (including phenoxy) is 1. The highest BCUT2D eigenvalue weighted by atomic mass is 35.5. The summed E-state index contributed by atoms with van der Waals surface area (Å²) < 4.78 is 5.25. The molecule has 2 saturated heterocycles. The molecule has 2 heterocycles. The highest BCUT2D eigenvalue weighted by Gasteiger charge is 2.40. The summed E-state index contributed by atoms with van der Waals surface area (Å²) in [6.45, 7) is 2.21. The topological polar surface area (TPSA) is 84.7 Å². The lowest BCUT2D eigenvalue weighted by molar-refractivity contribution is -0.136. The smallest absolute Gasteiger partial charge is 0.245 e. The van der Waals surface area contributed by atoms with Gasteiger partial charge in [0.1, 0.15) is 6.04 Å². The summed E-state index contributed by atoms with van der Waals surface area (Å²) in [6, 6.07) is 9.39. The zero-order valence-electron chi connectivity index (χ0n) is 13.6. The van der Waals surface area contributed by atoms with Crippen LogP contribution in [0.1, 0.15) is 24.8 Å². The maximum absolute atomic E-state index is 12.5. The van der Waals surface area contributed by atoms with E-state index in [-0.39, 0.29) is 24.2 Å². The number of benzene rings is 1. The molecule has 2 fully saturated rings. The van der Waals surface area contributed by atoms with Crippen LogP contribution in [0, 0.1) is 0 Å². The van der Waals surface area contributed by atoms with Crippen molar-refractivity contribution in [3.05, 3.63) is 35.9 Å². The van der Waals surface area contributed by atoms with E-state index in [2.05, 4.69) is 5.32 Å². The van der Waals surface area contributed by atoms with Gasteiger partial charge >= 0.3 is 0 Å². The molecule has 0 saturated carbocycles. The number of nitrogens with two attached hydrogens (primary N) is 1. The van der Waals surface area contributed by atoms with Crippen LogP contribution in [0.25, 0.3) is 0 Å². The van der Waals surface area contributed by atoms with E-state index in [0.29, 0.717) is 45.6 Å². The van der Waals surface area contributed by atoms with Crippen molar-refractivity contribution < 1.29 is 14.3 Å². The van der Waals surface area contributed by atoms with Gasteiger partial charge in [-0.1, -0.05) is 30.3 Å². The third-order valence-electron chi connectivity index (χ3n) is 4.66. The molecule has 1 unspecified atom stereocenters. The van der Waals surface area contributed by atoms with Crippen LogP contribution >= 0.6 is 12.4 Å². The normalized spacial score (nSPS) is 22.8. The van der Waals surface area contributed by atoms with Gasteiger partial charge in [0.25, 0.3) is 0 Å². The van der Waals surface area contributed by atoms with Crippen LogP contribution in [-0.2, 0) is 20.9 Å². The molecule has 2 aliphatic rings. The Kier molecular flexibility index (Phi) is 6.21. The lowest BCUT2D eigenvalue weighted by Gasteiger charge is -2.32. The minimum Gasteiger partial charge on any atom is -0.381 e. The lowest BCUT2D eigenvalue weighted by atomic mass is 9.90. The molecule has 0 aromatic heterocycles. The molecule has 7 heteroatoms. The van der Waals surface area contributed by atoms with Crippen LogP contribution in [0.4, 0.5) is 0 Å². The van der Waals surface area contributed by atoms with Gasteiger partial charge < -0.3 is 20.7 Å². The number of rotatable bonds is 4. The van der Waals surface area contributed by atoms with E-state index >= 15 is 0 Å². The zero-order chi connectivity index (χ0) is 16.3. The van der Waals surface area contributed by atoms with E-state index in [1.807, 2.05) is 30.3 Å². The van der Waals surface area contributed by atoms with Gasteiger partial charge in [0, 0.05) is 26.3 Å². The van der Waals surface area contributed by atoms with Crippen LogP contribution in [0.5, 0.6) is 0 Å². The van der Waals surface area contributed by atoms with Crippen LogP contribution in [0.15, 0.2) is 30.3 Å². The first-order chi connectivity index (χ1) is 11.1. The molecule has 3 N–H and O–H groups in total. The fourth-order valence-electron chi connectivity index (χ4n) is 3.10. The fourth-order valence-corrected chi connectivity index (χ4v) is 3.10. The fraction of sp³-hybridized carbons (Fsp3) is 0.529. The van der Waals surface area contributed by atoms with Crippen LogP contribution < -0.4 is 11.1 Å². The summed E-state index contributed by atoms with van der Waals surface area (Å²) in [4.78, 5) is 26.7. The summed E-state index contributed by atoms with van der Waals surface area (Å²) in [5.41, 5.74) is 6.35. The van der Waals surface area contributed by atoms with Gasteiger partial charge in [0.15, 0.2) is 0 Å². The van der Waals surface area contributed by atoms with Gasteiger partial charge in [0.2, 0.25) is 11.8 Å². The number of hydrogen-bond donors (Lipinski definition) is 2. The molecule has 2 amide bonds. The Labute approximate surface area is 148 Å². The zero-order valence-corrected chi connectivity index (χ0v) is 14.4. The Morgan fingerprint density at radius 1 is 1.29 bits per heavy atom. The third-order valence-corrected chi connectivity index (χ3v) is 4.66. The quantitative estimate of drug-likeness (QED) is 0.839. The molecule has 24 heavy (non-hydrogen) atoms. The summed E-state index contributed by atoms with van der Waals surface area (Å²) in [5, 5.41) is 2.84. The third kappa shape index (κ3) is 4.06. The van der Waals surface area contributed by atoms with Gasteiger partial charge in [-0.25, -0.2) is 0 Å². The predicted molar refractivity (Wildman–Crippen MR) is 92.6 cm³/mol. The Balaban J connectivity index is 0.00000208. The summed E-state index contributed by atoms with van der Waals surface area (Å²) in [5.74, 6) is -0.265. The van der Waals surface area contributed by atoms with E-state index in [1.54, 1.807) is 4.90 Å². The van der Waals surface area contributed by atoms with E-state index in [1.165, 1.54) is 0 Å². The number of hydrogen-bond acceptors (Lipinski definition) is 4. The summed E-state index contributed by atoms with van der Waals surface area (Å²) in [7, 11) is 0. The average molecular weight is 354 g/mol. The van der Waals surface area contributed by atoms with E-state index in [9.17, 15) is 9.59 Å². The maximum Gasteiger partial charge on any atom is 0.245 e. The van der Waals surface area contributed by atoms with Crippen LogP contribution in [0.3, 0.4) is 0 Å². The van der Waals surface area contributed by atoms with Gasteiger partial charge in [-0.2, -0.15) is 0 Å². The molecule has 132 valence electrons. The maximum atomic E-state index is 12.5. The number of halogens is 1. The van der Waals surface area contributed by atoms with Crippen molar-refractivity contribution in [3.8, 4) is 0 Å². The van der Waals surface area contributed by atoms with Gasteiger partial charge in [-0.3, -0.25) is 9.59 Å². The van der Waals surface area contributed by atoms with Crippen molar-refractivity contribution in [1.82, 2.24) is 10.2 Å². The standard InChI is InChI=1S/C17H23N3O3.ClH/c18-17(7-10-23-11-8-17)16(22)19-14-6-9-20(15(14)21)12-13-4-2-1-3-5-13;/h1-5,14H,6-12,18H2,(H,19,22);1H. The highest BCUT2D eigenvalue weighted by molar-refractivity contribution is 5.93. The molecular weight excluding hydrogens is 330 g/mol. The Bertz CT molecular complexity index is 576. The van der Waals surface area contributed by atoms with Crippen molar-refractivity contribution in [3.63, 3.8) is 0 Å². The molecule has 6 nitrogen and oxygen atoms in total. The first kappa shape index (κ1) is 18.7. The van der Waals surface area contributed by atoms with Crippen molar-refractivity contribution in [2.75, 3.05) is 19.8 Å². The molecule has 1 atom stereocenters. The molecule has 2 aliphatic heterocycles. The van der Waals surface area contributed by atoms with E-state index < -0.39 is 11.6 Å². The number of nitrogens with one attached hydrogen (secondary N) is 1. The average Bonchev–Trinajstić information content (AvgIpc) is 2.90. The first-order valence-corrected chi connectivity index (χ1v) is 8.09. The Hall–Kier alpha value is -1.63. The first-order valence-electron chi connectivity index (χ1n) is 8.09. The second kappa shape index (κ2) is 7.96. The van der Waals surface area contributed by atoms with Crippen molar-refractivity contribution in [2.24, 2.45) is 5.73 Å². The minimum absolute atomic E-state index is 0. The Morgan fingerprint density at radius 3 is 2.62 bits per heavy atom. The van der Waals surface area contributed by atoms with E-state index in [0.717, 1.165) is 5.56 Å². The SMILES string of the molecule is Cl.NC1(C(=O)NC2CCN(Cc3ccccc3)C2=O)CCOCC1. The summed E-state index contributed by atoms with van der Waals surface area (Å²) in [6.07, 6.45) is 1.62. The van der Waals surface area contributed by atoms with E-state index in [4.69, 9.17) is 10.5 Å². The van der Waals surface area contributed by atoms with Gasteiger partial charge in [-0.05, 0) is 24.8 Å². The Morgan fingerprint density at radius 2 is 1.96 bits per heavy atom. The molecule has 0 spiro atoms. The molecule has 0 radical (unpaired) electrons. The molecule has 1 aromatic rings. The molecule has 0 bridgehead atoms. The predicted octanol–water partition coefficient (Wildman–Crippen LogP) is 0.833.